The normalized spacial score (nSPS) is 23.1. The van der Waals surface area contributed by atoms with E-state index in [1.165, 1.54) is 43.0 Å². The van der Waals surface area contributed by atoms with Gasteiger partial charge in [-0.25, -0.2) is 0 Å². The first-order valence-electron chi connectivity index (χ1n) is 8.08. The Kier molecular flexibility index (Phi) is 4.37. The lowest BCUT2D eigenvalue weighted by atomic mass is 9.75. The Balaban J connectivity index is 1.86. The summed E-state index contributed by atoms with van der Waals surface area (Å²) in [6.45, 7) is 4.46. The molecule has 1 saturated carbocycles. The fourth-order valence-electron chi connectivity index (χ4n) is 3.66. The van der Waals surface area contributed by atoms with Gasteiger partial charge in [-0.15, -0.1) is 0 Å². The van der Waals surface area contributed by atoms with Gasteiger partial charge < -0.3 is 5.32 Å². The van der Waals surface area contributed by atoms with Crippen molar-refractivity contribution in [1.82, 2.24) is 5.32 Å². The number of hydrogen-bond acceptors (Lipinski definition) is 1. The molecule has 2 unspecified atom stereocenters. The van der Waals surface area contributed by atoms with E-state index in [2.05, 4.69) is 54.7 Å². The smallest absolute Gasteiger partial charge is 0.00148 e. The van der Waals surface area contributed by atoms with E-state index >= 15 is 0 Å². The minimum absolute atomic E-state index is 0.743. The minimum atomic E-state index is 0.743. The summed E-state index contributed by atoms with van der Waals surface area (Å²) in [5.74, 6) is 1.55. The van der Waals surface area contributed by atoms with Crippen molar-refractivity contribution in [2.75, 3.05) is 13.1 Å². The summed E-state index contributed by atoms with van der Waals surface area (Å²) in [5.41, 5.74) is 1.55. The quantitative estimate of drug-likeness (QED) is 0.845. The molecule has 0 aromatic heterocycles. The van der Waals surface area contributed by atoms with Crippen LogP contribution in [0.1, 0.15) is 44.1 Å². The maximum atomic E-state index is 3.55. The van der Waals surface area contributed by atoms with E-state index in [1.807, 2.05) is 0 Å². The van der Waals surface area contributed by atoms with E-state index in [0.29, 0.717) is 0 Å². The highest BCUT2D eigenvalue weighted by atomic mass is 14.8. The van der Waals surface area contributed by atoms with Crippen LogP contribution >= 0.6 is 0 Å². The zero-order valence-corrected chi connectivity index (χ0v) is 12.4. The fraction of sp³-hybridized carbons (Fsp3) is 0.474. The SMILES string of the molecule is CCNCC1CCCCC1c1ccc2ccccc2c1. The number of fused-ring (bicyclic) bond motifs is 1. The molecule has 1 heteroatoms. The predicted molar refractivity (Wildman–Crippen MR) is 87.2 cm³/mol. The molecule has 1 aliphatic rings. The Morgan fingerprint density at radius 2 is 1.80 bits per heavy atom. The van der Waals surface area contributed by atoms with Crippen LogP contribution in [0, 0.1) is 5.92 Å². The fourth-order valence-corrected chi connectivity index (χ4v) is 3.66. The van der Waals surface area contributed by atoms with Crippen molar-refractivity contribution >= 4 is 10.8 Å². The summed E-state index contributed by atoms with van der Waals surface area (Å²) in [4.78, 5) is 0. The molecule has 0 saturated heterocycles. The van der Waals surface area contributed by atoms with Crippen LogP contribution in [-0.4, -0.2) is 13.1 Å². The van der Waals surface area contributed by atoms with Gasteiger partial charge in [-0.3, -0.25) is 0 Å². The Bertz CT molecular complexity index is 560. The standard InChI is InChI=1S/C19H25N/c1-2-20-14-18-9-5-6-10-19(18)17-12-11-15-7-3-4-8-16(15)13-17/h3-4,7-8,11-13,18-20H,2,5-6,9-10,14H2,1H3. The summed E-state index contributed by atoms with van der Waals surface area (Å²) >= 11 is 0. The maximum Gasteiger partial charge on any atom is -0.00148 e. The van der Waals surface area contributed by atoms with E-state index in [4.69, 9.17) is 0 Å². The first-order valence-corrected chi connectivity index (χ1v) is 8.08. The Hall–Kier alpha value is -1.34. The summed E-state index contributed by atoms with van der Waals surface area (Å²) < 4.78 is 0. The van der Waals surface area contributed by atoms with E-state index in [0.717, 1.165) is 18.4 Å². The van der Waals surface area contributed by atoms with Crippen LogP contribution in [0.15, 0.2) is 42.5 Å². The zero-order chi connectivity index (χ0) is 13.8. The Morgan fingerprint density at radius 3 is 2.65 bits per heavy atom. The highest BCUT2D eigenvalue weighted by molar-refractivity contribution is 5.83. The molecule has 2 aromatic carbocycles. The highest BCUT2D eigenvalue weighted by Crippen LogP contribution is 2.38. The molecule has 1 aliphatic carbocycles. The summed E-state index contributed by atoms with van der Waals surface area (Å²) in [7, 11) is 0. The summed E-state index contributed by atoms with van der Waals surface area (Å²) in [6, 6.07) is 15.8. The molecular formula is C19H25N. The van der Waals surface area contributed by atoms with Crippen LogP contribution in [-0.2, 0) is 0 Å². The average molecular weight is 267 g/mol. The van der Waals surface area contributed by atoms with Crippen LogP contribution in [0.2, 0.25) is 0 Å². The molecule has 0 spiro atoms. The van der Waals surface area contributed by atoms with Gasteiger partial charge in [0.05, 0.1) is 0 Å². The largest absolute Gasteiger partial charge is 0.317 e. The third-order valence-corrected chi connectivity index (χ3v) is 4.77. The molecular weight excluding hydrogens is 242 g/mol. The van der Waals surface area contributed by atoms with Crippen molar-refractivity contribution in [3.8, 4) is 0 Å². The first-order chi connectivity index (χ1) is 9.88. The summed E-state index contributed by atoms with van der Waals surface area (Å²) in [6.07, 6.45) is 5.53. The topological polar surface area (TPSA) is 12.0 Å². The molecule has 0 radical (unpaired) electrons. The van der Waals surface area contributed by atoms with Gasteiger partial charge in [-0.1, -0.05) is 62.2 Å². The van der Waals surface area contributed by atoms with Crippen LogP contribution in [0.5, 0.6) is 0 Å². The van der Waals surface area contributed by atoms with E-state index in [9.17, 15) is 0 Å². The molecule has 0 amide bonds. The van der Waals surface area contributed by atoms with Crippen molar-refractivity contribution in [1.29, 1.82) is 0 Å². The second-order valence-electron chi connectivity index (χ2n) is 6.07. The molecule has 3 rings (SSSR count). The molecule has 0 heterocycles. The average Bonchev–Trinajstić information content (AvgIpc) is 2.53. The molecule has 1 fully saturated rings. The summed E-state index contributed by atoms with van der Waals surface area (Å²) in [5, 5.41) is 6.30. The van der Waals surface area contributed by atoms with Gasteiger partial charge in [0.25, 0.3) is 0 Å². The van der Waals surface area contributed by atoms with E-state index in [-0.39, 0.29) is 0 Å². The van der Waals surface area contributed by atoms with Crippen molar-refractivity contribution < 1.29 is 0 Å². The second-order valence-corrected chi connectivity index (χ2v) is 6.07. The molecule has 0 aliphatic heterocycles. The molecule has 20 heavy (non-hydrogen) atoms. The van der Waals surface area contributed by atoms with Crippen LogP contribution < -0.4 is 5.32 Å². The highest BCUT2D eigenvalue weighted by Gasteiger charge is 2.26. The molecule has 1 nitrogen and oxygen atoms in total. The number of hydrogen-bond donors (Lipinski definition) is 1. The van der Waals surface area contributed by atoms with Crippen LogP contribution in [0.3, 0.4) is 0 Å². The van der Waals surface area contributed by atoms with Gasteiger partial charge in [-0.2, -0.15) is 0 Å². The third-order valence-electron chi connectivity index (χ3n) is 4.77. The van der Waals surface area contributed by atoms with Crippen molar-refractivity contribution in [3.63, 3.8) is 0 Å². The second kappa shape index (κ2) is 6.41. The molecule has 2 aromatic rings. The Morgan fingerprint density at radius 1 is 1.00 bits per heavy atom. The monoisotopic (exact) mass is 267 g/mol. The van der Waals surface area contributed by atoms with Gasteiger partial charge in [-0.05, 0) is 54.1 Å². The lowest BCUT2D eigenvalue weighted by Crippen LogP contribution is -2.29. The first kappa shape index (κ1) is 13.6. The third kappa shape index (κ3) is 2.88. The molecule has 106 valence electrons. The van der Waals surface area contributed by atoms with Gasteiger partial charge in [0.2, 0.25) is 0 Å². The Labute approximate surface area is 122 Å². The van der Waals surface area contributed by atoms with E-state index in [1.54, 1.807) is 5.56 Å². The van der Waals surface area contributed by atoms with Crippen molar-refractivity contribution in [2.24, 2.45) is 5.92 Å². The molecule has 0 bridgehead atoms. The predicted octanol–water partition coefficient (Wildman–Crippen LogP) is 4.72. The van der Waals surface area contributed by atoms with Gasteiger partial charge in [0, 0.05) is 0 Å². The lowest BCUT2D eigenvalue weighted by molar-refractivity contribution is 0.297. The number of rotatable bonds is 4. The van der Waals surface area contributed by atoms with Crippen LogP contribution in [0.25, 0.3) is 10.8 Å². The zero-order valence-electron chi connectivity index (χ0n) is 12.4. The number of benzene rings is 2. The van der Waals surface area contributed by atoms with Gasteiger partial charge >= 0.3 is 0 Å². The van der Waals surface area contributed by atoms with Crippen molar-refractivity contribution in [2.45, 2.75) is 38.5 Å². The van der Waals surface area contributed by atoms with Gasteiger partial charge in [0.15, 0.2) is 0 Å². The van der Waals surface area contributed by atoms with E-state index < -0.39 is 0 Å². The lowest BCUT2D eigenvalue weighted by Gasteiger charge is -2.32. The van der Waals surface area contributed by atoms with Crippen molar-refractivity contribution in [3.05, 3.63) is 48.0 Å². The molecule has 1 N–H and O–H groups in total. The van der Waals surface area contributed by atoms with Crippen LogP contribution in [0.4, 0.5) is 0 Å². The maximum absolute atomic E-state index is 3.55. The number of nitrogens with one attached hydrogen (secondary N) is 1. The molecule has 2 atom stereocenters. The minimum Gasteiger partial charge on any atom is -0.317 e. The van der Waals surface area contributed by atoms with Gasteiger partial charge in [0.1, 0.15) is 0 Å².